The minimum absolute atomic E-state index is 0.0735. The number of benzene rings is 1. The first-order valence-electron chi connectivity index (χ1n) is 11.1. The van der Waals surface area contributed by atoms with Gasteiger partial charge in [0.05, 0.1) is 5.56 Å². The summed E-state index contributed by atoms with van der Waals surface area (Å²) in [6, 6.07) is 4.59. The number of carbonyl (C=O) groups is 4. The lowest BCUT2D eigenvalue weighted by Gasteiger charge is -2.18. The molecule has 0 saturated heterocycles. The number of fused-ring (bicyclic) bond motifs is 1. The molecule has 1 unspecified atom stereocenters. The average Bonchev–Trinajstić information content (AvgIpc) is 3.15. The zero-order chi connectivity index (χ0) is 24.8. The molecule has 9 heteroatoms. The fraction of sp³-hybridized carbons (Fsp3) is 0.360. The molecule has 1 atom stereocenters. The molecule has 8 nitrogen and oxygen atoms in total. The number of nitrogens with one attached hydrogen (secondary N) is 1. The molecule has 0 fully saturated rings. The Morgan fingerprint density at radius 1 is 1.12 bits per heavy atom. The summed E-state index contributed by atoms with van der Waals surface area (Å²) < 4.78 is 10.5. The Hall–Kier alpha value is -3.46. The number of carboxylic acid groups (broad SMARTS) is 1. The lowest BCUT2D eigenvalue weighted by molar-refractivity contribution is -0.136. The van der Waals surface area contributed by atoms with E-state index in [1.807, 2.05) is 0 Å². The Morgan fingerprint density at radius 2 is 1.79 bits per heavy atom. The van der Waals surface area contributed by atoms with Crippen molar-refractivity contribution in [2.45, 2.75) is 52.9 Å². The minimum atomic E-state index is -1.05. The van der Waals surface area contributed by atoms with Gasteiger partial charge in [-0.1, -0.05) is 26.8 Å². The number of anilines is 1. The van der Waals surface area contributed by atoms with Gasteiger partial charge in [-0.05, 0) is 54.5 Å². The van der Waals surface area contributed by atoms with E-state index in [2.05, 4.69) is 12.2 Å². The van der Waals surface area contributed by atoms with Crippen LogP contribution in [0.4, 0.5) is 5.00 Å². The Labute approximate surface area is 201 Å². The smallest absolute Gasteiger partial charge is 0.339 e. The van der Waals surface area contributed by atoms with Crippen LogP contribution >= 0.6 is 11.3 Å². The third-order valence-corrected chi connectivity index (χ3v) is 6.59. The third kappa shape index (κ3) is 6.11. The Kier molecular flexibility index (Phi) is 8.22. The standard InChI is InChI=1S/C25H27NO7S/c1-4-21(28)32-17-9-7-15(13-18(17)33-22(29)5-2)8-11-20(27)26-24-23(25(30)31)16-12-14(3)6-10-19(16)34-24/h7-9,11,13-14H,4-6,10,12H2,1-3H3,(H,26,27)(H,30,31). The molecule has 0 spiro atoms. The lowest BCUT2D eigenvalue weighted by Crippen LogP contribution is -2.14. The lowest BCUT2D eigenvalue weighted by atomic mass is 9.88. The van der Waals surface area contributed by atoms with Gasteiger partial charge in [-0.25, -0.2) is 4.79 Å². The van der Waals surface area contributed by atoms with Gasteiger partial charge < -0.3 is 19.9 Å². The number of aryl methyl sites for hydroxylation is 1. The number of esters is 2. The van der Waals surface area contributed by atoms with Crippen LogP contribution in [-0.4, -0.2) is 28.9 Å². The highest BCUT2D eigenvalue weighted by atomic mass is 32.1. The summed E-state index contributed by atoms with van der Waals surface area (Å²) in [4.78, 5) is 48.9. The minimum Gasteiger partial charge on any atom is -0.478 e. The summed E-state index contributed by atoms with van der Waals surface area (Å²) in [5.41, 5.74) is 1.52. The molecule has 2 aromatic rings. The van der Waals surface area contributed by atoms with Crippen molar-refractivity contribution >= 4 is 46.2 Å². The topological polar surface area (TPSA) is 119 Å². The Balaban J connectivity index is 1.79. The van der Waals surface area contributed by atoms with Gasteiger partial charge in [0.1, 0.15) is 5.00 Å². The number of aromatic carboxylic acids is 1. The summed E-state index contributed by atoms with van der Waals surface area (Å²) in [6.45, 7) is 5.38. The van der Waals surface area contributed by atoms with Gasteiger partial charge in [-0.2, -0.15) is 0 Å². The fourth-order valence-corrected chi connectivity index (χ4v) is 4.82. The molecule has 1 aliphatic carbocycles. The van der Waals surface area contributed by atoms with E-state index in [-0.39, 0.29) is 29.9 Å². The maximum Gasteiger partial charge on any atom is 0.339 e. The molecule has 0 aliphatic heterocycles. The van der Waals surface area contributed by atoms with E-state index < -0.39 is 23.8 Å². The second kappa shape index (κ2) is 11.1. The number of ether oxygens (including phenoxy) is 2. The van der Waals surface area contributed by atoms with Gasteiger partial charge >= 0.3 is 17.9 Å². The molecule has 2 N–H and O–H groups in total. The van der Waals surface area contributed by atoms with Gasteiger partial charge in [0.2, 0.25) is 5.91 Å². The molecule has 1 heterocycles. The van der Waals surface area contributed by atoms with Crippen molar-refractivity contribution in [2.75, 3.05) is 5.32 Å². The first kappa shape index (κ1) is 25.2. The van der Waals surface area contributed by atoms with Gasteiger partial charge in [-0.3, -0.25) is 14.4 Å². The molecule has 0 radical (unpaired) electrons. The maximum atomic E-state index is 12.6. The zero-order valence-electron chi connectivity index (χ0n) is 19.3. The van der Waals surface area contributed by atoms with E-state index in [0.29, 0.717) is 22.9 Å². The number of carbonyl (C=O) groups excluding carboxylic acids is 3. The Bertz CT molecular complexity index is 1150. The number of rotatable bonds is 8. The van der Waals surface area contributed by atoms with Crippen LogP contribution in [0.2, 0.25) is 0 Å². The molecule has 1 amide bonds. The predicted molar refractivity (Wildman–Crippen MR) is 128 cm³/mol. The quantitative estimate of drug-likeness (QED) is 0.311. The molecule has 34 heavy (non-hydrogen) atoms. The SMILES string of the molecule is CCC(=O)Oc1ccc(C=CC(=O)Nc2sc3c(c2C(=O)O)CC(C)CC3)cc1OC(=O)CC. The summed E-state index contributed by atoms with van der Waals surface area (Å²) in [5.74, 6) is -1.92. The fourth-order valence-electron chi connectivity index (χ4n) is 3.58. The average molecular weight is 486 g/mol. The van der Waals surface area contributed by atoms with Crippen LogP contribution < -0.4 is 14.8 Å². The van der Waals surface area contributed by atoms with E-state index in [9.17, 15) is 24.3 Å². The van der Waals surface area contributed by atoms with Crippen LogP contribution in [-0.2, 0) is 27.2 Å². The van der Waals surface area contributed by atoms with Crippen molar-refractivity contribution in [2.24, 2.45) is 5.92 Å². The highest BCUT2D eigenvalue weighted by molar-refractivity contribution is 7.17. The van der Waals surface area contributed by atoms with Crippen molar-refractivity contribution in [1.82, 2.24) is 0 Å². The van der Waals surface area contributed by atoms with Crippen LogP contribution in [0.1, 0.15) is 66.4 Å². The predicted octanol–water partition coefficient (Wildman–Crippen LogP) is 4.85. The van der Waals surface area contributed by atoms with Crippen molar-refractivity contribution in [3.8, 4) is 11.5 Å². The number of hydrogen-bond acceptors (Lipinski definition) is 7. The molecular weight excluding hydrogens is 458 g/mol. The molecule has 1 aromatic carbocycles. The van der Waals surface area contributed by atoms with Gasteiger partial charge in [0.25, 0.3) is 0 Å². The third-order valence-electron chi connectivity index (χ3n) is 5.38. The number of hydrogen-bond donors (Lipinski definition) is 2. The van der Waals surface area contributed by atoms with Crippen LogP contribution in [0.15, 0.2) is 24.3 Å². The summed E-state index contributed by atoms with van der Waals surface area (Å²) >= 11 is 1.31. The second-order valence-corrected chi connectivity index (χ2v) is 9.15. The van der Waals surface area contributed by atoms with Crippen LogP contribution in [0.25, 0.3) is 6.08 Å². The monoisotopic (exact) mass is 485 g/mol. The molecule has 1 aromatic heterocycles. The second-order valence-electron chi connectivity index (χ2n) is 8.05. The van der Waals surface area contributed by atoms with Crippen molar-refractivity contribution in [3.05, 3.63) is 45.8 Å². The number of carboxylic acids is 1. The molecule has 0 bridgehead atoms. The van der Waals surface area contributed by atoms with Crippen LogP contribution in [0.5, 0.6) is 11.5 Å². The molecular formula is C25H27NO7S. The normalized spacial score (nSPS) is 15.0. The van der Waals surface area contributed by atoms with Crippen LogP contribution in [0.3, 0.4) is 0 Å². The maximum absolute atomic E-state index is 12.6. The van der Waals surface area contributed by atoms with E-state index >= 15 is 0 Å². The first-order valence-corrected chi connectivity index (χ1v) is 12.0. The van der Waals surface area contributed by atoms with E-state index in [1.165, 1.54) is 35.6 Å². The van der Waals surface area contributed by atoms with Gasteiger partial charge in [0.15, 0.2) is 11.5 Å². The van der Waals surface area contributed by atoms with Crippen LogP contribution in [0, 0.1) is 5.92 Å². The first-order chi connectivity index (χ1) is 16.2. The Morgan fingerprint density at radius 3 is 2.44 bits per heavy atom. The van der Waals surface area contributed by atoms with Crippen molar-refractivity contribution < 1.29 is 33.8 Å². The number of amides is 1. The number of thiophene rings is 1. The highest BCUT2D eigenvalue weighted by Gasteiger charge is 2.28. The van der Waals surface area contributed by atoms with Gasteiger partial charge in [0, 0.05) is 23.8 Å². The van der Waals surface area contributed by atoms with Crippen molar-refractivity contribution in [1.29, 1.82) is 0 Å². The summed E-state index contributed by atoms with van der Waals surface area (Å²) in [7, 11) is 0. The molecule has 180 valence electrons. The highest BCUT2D eigenvalue weighted by Crippen LogP contribution is 2.39. The molecule has 0 saturated carbocycles. The zero-order valence-corrected chi connectivity index (χ0v) is 20.1. The van der Waals surface area contributed by atoms with Gasteiger partial charge in [-0.15, -0.1) is 11.3 Å². The van der Waals surface area contributed by atoms with Crippen molar-refractivity contribution in [3.63, 3.8) is 0 Å². The summed E-state index contributed by atoms with van der Waals surface area (Å²) in [5, 5.41) is 12.7. The molecule has 3 rings (SSSR count). The van der Waals surface area contributed by atoms with E-state index in [0.717, 1.165) is 23.3 Å². The largest absolute Gasteiger partial charge is 0.478 e. The summed E-state index contributed by atoms with van der Waals surface area (Å²) in [6.07, 6.45) is 5.56. The molecule has 1 aliphatic rings. The van der Waals surface area contributed by atoms with E-state index in [4.69, 9.17) is 9.47 Å². The van der Waals surface area contributed by atoms with E-state index in [1.54, 1.807) is 19.9 Å².